The highest BCUT2D eigenvalue weighted by atomic mass is 16.3. The van der Waals surface area contributed by atoms with E-state index in [1.54, 1.807) is 0 Å². The Bertz CT molecular complexity index is 3220. The molecule has 0 fully saturated rings. The van der Waals surface area contributed by atoms with Crippen molar-refractivity contribution in [2.45, 2.75) is 6.42 Å². The first kappa shape index (κ1) is 32.9. The second kappa shape index (κ2) is 13.7. The van der Waals surface area contributed by atoms with Crippen molar-refractivity contribution in [2.24, 2.45) is 4.99 Å². The molecule has 0 spiro atoms. The summed E-state index contributed by atoms with van der Waals surface area (Å²) in [5.41, 5.74) is 16.7. The van der Waals surface area contributed by atoms with Crippen molar-refractivity contribution in [1.82, 2.24) is 4.57 Å². The lowest BCUT2D eigenvalue weighted by atomic mass is 9.98. The zero-order chi connectivity index (χ0) is 37.7. The summed E-state index contributed by atoms with van der Waals surface area (Å²) in [5.74, 6) is 0. The van der Waals surface area contributed by atoms with E-state index in [2.05, 4.69) is 199 Å². The molecule has 10 aromatic rings. The minimum Gasteiger partial charge on any atom is -0.456 e. The normalized spacial score (nSPS) is 13.2. The molecule has 268 valence electrons. The summed E-state index contributed by atoms with van der Waals surface area (Å²) in [7, 11) is 0. The Kier molecular flexibility index (Phi) is 7.89. The van der Waals surface area contributed by atoms with Crippen molar-refractivity contribution >= 4 is 60.7 Å². The molecule has 0 unspecified atom stereocenters. The predicted octanol–water partition coefficient (Wildman–Crippen LogP) is 14.3. The fraction of sp³-hybridized carbons (Fsp3) is 0.0185. The quantitative estimate of drug-likeness (QED) is 0.168. The number of nitrogens with zero attached hydrogens (tertiary/aromatic N) is 2. The van der Waals surface area contributed by atoms with Crippen LogP contribution >= 0.6 is 0 Å². The number of benzene rings is 8. The molecule has 8 aromatic carbocycles. The zero-order valence-electron chi connectivity index (χ0n) is 31.1. The molecule has 0 radical (unpaired) electrons. The van der Waals surface area contributed by atoms with Gasteiger partial charge in [0.25, 0.3) is 0 Å². The van der Waals surface area contributed by atoms with E-state index in [-0.39, 0.29) is 0 Å². The van der Waals surface area contributed by atoms with E-state index in [1.807, 2.05) is 12.1 Å². The summed E-state index contributed by atoms with van der Waals surface area (Å²) in [6.07, 6.45) is 5.31. The Morgan fingerprint density at radius 3 is 1.74 bits per heavy atom. The number of para-hydroxylation sites is 2. The highest BCUT2D eigenvalue weighted by Gasteiger charge is 2.16. The van der Waals surface area contributed by atoms with E-state index in [0.29, 0.717) is 0 Å². The van der Waals surface area contributed by atoms with Gasteiger partial charge in [-0.3, -0.25) is 0 Å². The Hall–Kier alpha value is -7.49. The van der Waals surface area contributed by atoms with Gasteiger partial charge in [0.1, 0.15) is 11.2 Å². The topological polar surface area (TPSA) is 30.4 Å². The summed E-state index contributed by atoms with van der Waals surface area (Å²) >= 11 is 0. The lowest BCUT2D eigenvalue weighted by molar-refractivity contribution is 0.669. The van der Waals surface area contributed by atoms with Crippen LogP contribution in [0.2, 0.25) is 0 Å². The summed E-state index contributed by atoms with van der Waals surface area (Å²) in [6, 6.07) is 69.2. The summed E-state index contributed by atoms with van der Waals surface area (Å²) in [4.78, 5) is 5.22. The monoisotopic (exact) mass is 728 g/mol. The molecule has 0 saturated heterocycles. The minimum absolute atomic E-state index is 0.813. The Morgan fingerprint density at radius 2 is 0.982 bits per heavy atom. The van der Waals surface area contributed by atoms with Crippen molar-refractivity contribution < 1.29 is 4.42 Å². The van der Waals surface area contributed by atoms with Crippen LogP contribution in [-0.2, 0) is 0 Å². The van der Waals surface area contributed by atoms with Crippen molar-refractivity contribution in [3.8, 4) is 27.9 Å². The zero-order valence-corrected chi connectivity index (χ0v) is 31.1. The SMILES string of the molecule is C1=C(c2ccccc2)CC=C(c2ccc(-c3ccc(-c4ccc5c(c4)c4ccccc4n5-c4ccc5oc6ccccc6c5c4)cc3)cc2)N=C1c1ccccc1. The van der Waals surface area contributed by atoms with Gasteiger partial charge in [0.05, 0.1) is 22.4 Å². The van der Waals surface area contributed by atoms with Crippen molar-refractivity contribution in [2.75, 3.05) is 0 Å². The number of aliphatic imine (C=N–C) groups is 1. The number of aromatic nitrogens is 1. The summed E-state index contributed by atoms with van der Waals surface area (Å²) < 4.78 is 8.53. The van der Waals surface area contributed by atoms with Crippen LogP contribution in [0.25, 0.3) is 83.0 Å². The number of fused-ring (bicyclic) bond motifs is 6. The maximum Gasteiger partial charge on any atom is 0.135 e. The van der Waals surface area contributed by atoms with Crippen molar-refractivity contribution in [3.63, 3.8) is 0 Å². The van der Waals surface area contributed by atoms with E-state index < -0.39 is 0 Å². The molecule has 11 rings (SSSR count). The molecule has 1 aliphatic rings. The van der Waals surface area contributed by atoms with Crippen LogP contribution in [0.15, 0.2) is 216 Å². The molecule has 0 aliphatic carbocycles. The highest BCUT2D eigenvalue weighted by molar-refractivity contribution is 6.15. The Morgan fingerprint density at radius 1 is 0.404 bits per heavy atom. The van der Waals surface area contributed by atoms with E-state index in [1.165, 1.54) is 55.2 Å². The summed E-state index contributed by atoms with van der Waals surface area (Å²) in [5, 5.41) is 4.73. The van der Waals surface area contributed by atoms with Gasteiger partial charge in [0.15, 0.2) is 0 Å². The van der Waals surface area contributed by atoms with Crippen LogP contribution in [-0.4, -0.2) is 10.3 Å². The fourth-order valence-electron chi connectivity index (χ4n) is 8.40. The first-order valence-corrected chi connectivity index (χ1v) is 19.5. The molecular formula is C54H36N2O. The van der Waals surface area contributed by atoms with Crippen LogP contribution in [0.1, 0.15) is 23.1 Å². The number of hydrogen-bond acceptors (Lipinski definition) is 2. The van der Waals surface area contributed by atoms with Gasteiger partial charge in [-0.15, -0.1) is 0 Å². The average Bonchev–Trinajstić information content (AvgIpc) is 3.72. The van der Waals surface area contributed by atoms with Crippen LogP contribution in [0.5, 0.6) is 0 Å². The predicted molar refractivity (Wildman–Crippen MR) is 239 cm³/mol. The van der Waals surface area contributed by atoms with Gasteiger partial charge in [0.2, 0.25) is 0 Å². The average molecular weight is 729 g/mol. The largest absolute Gasteiger partial charge is 0.456 e. The lowest BCUT2D eigenvalue weighted by Gasteiger charge is -2.09. The van der Waals surface area contributed by atoms with Crippen LogP contribution in [0, 0.1) is 0 Å². The Labute approximate surface area is 330 Å². The molecule has 0 atom stereocenters. The first-order chi connectivity index (χ1) is 28.2. The summed E-state index contributed by atoms with van der Waals surface area (Å²) in [6.45, 7) is 0. The fourth-order valence-corrected chi connectivity index (χ4v) is 8.40. The minimum atomic E-state index is 0.813. The second-order valence-corrected chi connectivity index (χ2v) is 14.7. The maximum atomic E-state index is 6.15. The molecule has 3 heterocycles. The number of allylic oxidation sites excluding steroid dienone is 3. The van der Waals surface area contributed by atoms with Crippen LogP contribution in [0.3, 0.4) is 0 Å². The third-order valence-electron chi connectivity index (χ3n) is 11.3. The molecule has 0 bridgehead atoms. The van der Waals surface area contributed by atoms with Gasteiger partial charge >= 0.3 is 0 Å². The maximum absolute atomic E-state index is 6.15. The molecule has 0 saturated carbocycles. The van der Waals surface area contributed by atoms with E-state index >= 15 is 0 Å². The number of hydrogen-bond donors (Lipinski definition) is 0. The van der Waals surface area contributed by atoms with E-state index in [0.717, 1.165) is 56.6 Å². The van der Waals surface area contributed by atoms with Gasteiger partial charge in [-0.2, -0.15) is 0 Å². The van der Waals surface area contributed by atoms with Crippen molar-refractivity contribution in [3.05, 3.63) is 223 Å². The lowest BCUT2D eigenvalue weighted by Crippen LogP contribution is -1.98. The molecule has 0 amide bonds. The van der Waals surface area contributed by atoms with Gasteiger partial charge in [0, 0.05) is 32.8 Å². The standard InChI is InChI=1S/C54H36N2O/c1-3-11-36(12-4-1)43-27-30-49(55-50(34-43)40-13-5-2-6-14-40)41-25-23-38(24-26-41)37-19-21-39(22-20-37)42-28-31-52-47(33-42)45-15-7-9-17-51(45)56(52)44-29-32-54-48(35-44)46-16-8-10-18-53(46)57-54/h1-26,28-35H,27H2. The molecule has 57 heavy (non-hydrogen) atoms. The molecule has 0 N–H and O–H groups in total. The van der Waals surface area contributed by atoms with Gasteiger partial charge < -0.3 is 8.98 Å². The van der Waals surface area contributed by atoms with Crippen molar-refractivity contribution in [1.29, 1.82) is 0 Å². The van der Waals surface area contributed by atoms with Gasteiger partial charge in [-0.05, 0) is 93.9 Å². The van der Waals surface area contributed by atoms with Crippen LogP contribution in [0.4, 0.5) is 0 Å². The van der Waals surface area contributed by atoms with Gasteiger partial charge in [-0.25, -0.2) is 4.99 Å². The third-order valence-corrected chi connectivity index (χ3v) is 11.3. The molecule has 3 heteroatoms. The molecule has 2 aromatic heterocycles. The molecular weight excluding hydrogens is 693 g/mol. The second-order valence-electron chi connectivity index (χ2n) is 14.7. The van der Waals surface area contributed by atoms with E-state index in [9.17, 15) is 0 Å². The smallest absolute Gasteiger partial charge is 0.135 e. The molecule has 3 nitrogen and oxygen atoms in total. The number of furan rings is 1. The third kappa shape index (κ3) is 5.89. The van der Waals surface area contributed by atoms with Gasteiger partial charge in [-0.1, -0.05) is 158 Å². The molecule has 1 aliphatic heterocycles. The van der Waals surface area contributed by atoms with E-state index in [4.69, 9.17) is 9.41 Å². The Balaban J connectivity index is 0.897. The van der Waals surface area contributed by atoms with Crippen LogP contribution < -0.4 is 0 Å². The first-order valence-electron chi connectivity index (χ1n) is 19.5. The number of rotatable bonds is 6. The highest BCUT2D eigenvalue weighted by Crippen LogP contribution is 2.38.